The summed E-state index contributed by atoms with van der Waals surface area (Å²) in [5.74, 6) is -0.933. The molecule has 0 aromatic rings. The van der Waals surface area contributed by atoms with Gasteiger partial charge in [0, 0.05) is 12.8 Å². The molecule has 0 aliphatic heterocycles. The SMILES string of the molecule is CCCCCCCC/C=C/CCCCCC(=O)O[C@H](COC(=O)CCCCCCCCCCCCCCCCCCC)COP(=O)(O)OC[C@@H](O)CO. The summed E-state index contributed by atoms with van der Waals surface area (Å²) in [4.78, 5) is 34.9. The Hall–Kier alpha value is -1.29. The minimum atomic E-state index is -4.61. The normalized spacial score (nSPS) is 14.0. The smallest absolute Gasteiger partial charge is 0.462 e. The van der Waals surface area contributed by atoms with E-state index >= 15 is 0 Å². The van der Waals surface area contributed by atoms with Crippen molar-refractivity contribution in [2.24, 2.45) is 0 Å². The summed E-state index contributed by atoms with van der Waals surface area (Å²) < 4.78 is 32.7. The van der Waals surface area contributed by atoms with Crippen molar-refractivity contribution < 1.29 is 47.8 Å². The van der Waals surface area contributed by atoms with E-state index in [-0.39, 0.29) is 19.4 Å². The highest BCUT2D eigenvalue weighted by atomic mass is 31.2. The molecule has 0 bridgehead atoms. The molecule has 0 amide bonds. The van der Waals surface area contributed by atoms with E-state index in [0.29, 0.717) is 12.8 Å². The number of carbonyl (C=O) groups excluding carboxylic acids is 2. The van der Waals surface area contributed by atoms with E-state index in [4.69, 9.17) is 19.1 Å². The van der Waals surface area contributed by atoms with E-state index in [2.05, 4.69) is 30.5 Å². The zero-order valence-corrected chi connectivity index (χ0v) is 34.9. The molecule has 3 atom stereocenters. The molecular formula is C42H81O10P. The number of carbonyl (C=O) groups is 2. The van der Waals surface area contributed by atoms with E-state index in [9.17, 15) is 24.2 Å². The van der Waals surface area contributed by atoms with Crippen LogP contribution in [0.2, 0.25) is 0 Å². The molecule has 53 heavy (non-hydrogen) atoms. The molecule has 0 aromatic carbocycles. The topological polar surface area (TPSA) is 149 Å². The second-order valence-electron chi connectivity index (χ2n) is 14.7. The van der Waals surface area contributed by atoms with Crippen LogP contribution in [-0.2, 0) is 32.7 Å². The van der Waals surface area contributed by atoms with Gasteiger partial charge in [0.2, 0.25) is 0 Å². The zero-order chi connectivity index (χ0) is 39.1. The van der Waals surface area contributed by atoms with Gasteiger partial charge in [0.05, 0.1) is 19.8 Å². The highest BCUT2D eigenvalue weighted by Crippen LogP contribution is 2.43. The van der Waals surface area contributed by atoms with Crippen molar-refractivity contribution in [3.05, 3.63) is 12.2 Å². The van der Waals surface area contributed by atoms with Gasteiger partial charge >= 0.3 is 19.8 Å². The third kappa shape index (κ3) is 38.8. The van der Waals surface area contributed by atoms with E-state index < -0.39 is 51.8 Å². The number of rotatable bonds is 41. The maximum atomic E-state index is 12.6. The van der Waals surface area contributed by atoms with Crippen LogP contribution in [0.5, 0.6) is 0 Å². The van der Waals surface area contributed by atoms with Gasteiger partial charge in [-0.15, -0.1) is 0 Å². The monoisotopic (exact) mass is 777 g/mol. The lowest BCUT2D eigenvalue weighted by Crippen LogP contribution is -2.29. The van der Waals surface area contributed by atoms with Crippen molar-refractivity contribution in [3.63, 3.8) is 0 Å². The maximum absolute atomic E-state index is 12.6. The summed E-state index contributed by atoms with van der Waals surface area (Å²) in [6.45, 7) is 2.38. The van der Waals surface area contributed by atoms with Crippen LogP contribution in [0.3, 0.4) is 0 Å². The van der Waals surface area contributed by atoms with Crippen LogP contribution in [0.1, 0.15) is 206 Å². The van der Waals surface area contributed by atoms with E-state index in [1.165, 1.54) is 122 Å². The molecule has 314 valence electrons. The van der Waals surface area contributed by atoms with Gasteiger partial charge in [-0.25, -0.2) is 4.57 Å². The minimum Gasteiger partial charge on any atom is -0.462 e. The van der Waals surface area contributed by atoms with Gasteiger partial charge < -0.3 is 24.6 Å². The van der Waals surface area contributed by atoms with Gasteiger partial charge in [-0.05, 0) is 38.5 Å². The van der Waals surface area contributed by atoms with E-state index in [0.717, 1.165) is 44.9 Å². The molecule has 0 fully saturated rings. The van der Waals surface area contributed by atoms with Crippen molar-refractivity contribution in [2.45, 2.75) is 219 Å². The molecule has 0 saturated carbocycles. The summed E-state index contributed by atoms with van der Waals surface area (Å²) in [5, 5.41) is 18.3. The fraction of sp³-hybridized carbons (Fsp3) is 0.905. The second-order valence-corrected chi connectivity index (χ2v) is 16.2. The average Bonchev–Trinajstić information content (AvgIpc) is 3.14. The number of phosphoric acid groups is 1. The van der Waals surface area contributed by atoms with Gasteiger partial charge in [-0.2, -0.15) is 0 Å². The highest BCUT2D eigenvalue weighted by molar-refractivity contribution is 7.47. The first-order valence-corrected chi connectivity index (χ1v) is 23.1. The van der Waals surface area contributed by atoms with Crippen LogP contribution in [0.25, 0.3) is 0 Å². The summed E-state index contributed by atoms with van der Waals surface area (Å²) in [5.41, 5.74) is 0. The lowest BCUT2D eigenvalue weighted by Gasteiger charge is -2.20. The molecule has 11 heteroatoms. The lowest BCUT2D eigenvalue weighted by molar-refractivity contribution is -0.161. The van der Waals surface area contributed by atoms with Crippen molar-refractivity contribution in [2.75, 3.05) is 26.4 Å². The number of hydrogen-bond donors (Lipinski definition) is 3. The molecule has 0 aromatic heterocycles. The highest BCUT2D eigenvalue weighted by Gasteiger charge is 2.27. The predicted molar refractivity (Wildman–Crippen MR) is 215 cm³/mol. The maximum Gasteiger partial charge on any atom is 0.472 e. The Labute approximate surface area is 324 Å². The van der Waals surface area contributed by atoms with E-state index in [1.807, 2.05) is 0 Å². The molecule has 0 rings (SSSR count). The molecule has 3 N–H and O–H groups in total. The zero-order valence-electron chi connectivity index (χ0n) is 34.0. The van der Waals surface area contributed by atoms with Gasteiger partial charge in [0.1, 0.15) is 12.7 Å². The molecule has 0 aliphatic rings. The summed E-state index contributed by atoms with van der Waals surface area (Å²) in [6, 6.07) is 0. The Morgan fingerprint density at radius 2 is 0.925 bits per heavy atom. The largest absolute Gasteiger partial charge is 0.472 e. The van der Waals surface area contributed by atoms with Gasteiger partial charge in [0.15, 0.2) is 6.10 Å². The number of esters is 2. The first kappa shape index (κ1) is 51.7. The Kier molecular flexibility index (Phi) is 38.0. The molecule has 0 saturated heterocycles. The fourth-order valence-electron chi connectivity index (χ4n) is 6.05. The average molecular weight is 777 g/mol. The fourth-order valence-corrected chi connectivity index (χ4v) is 6.84. The number of allylic oxidation sites excluding steroid dienone is 2. The number of aliphatic hydroxyl groups is 2. The Morgan fingerprint density at radius 1 is 0.547 bits per heavy atom. The molecule has 0 heterocycles. The molecule has 0 aliphatic carbocycles. The molecule has 10 nitrogen and oxygen atoms in total. The third-order valence-electron chi connectivity index (χ3n) is 9.42. The standard InChI is InChI=1S/C42H81O10P/c1-3-5-7-9-11-13-15-17-18-19-20-22-23-25-27-29-31-33-41(45)49-37-40(38-51-53(47,48)50-36-39(44)35-43)52-42(46)34-32-30-28-26-24-21-16-14-12-10-8-6-4-2/h21,24,39-40,43-44H,3-20,22-23,25-38H2,1-2H3,(H,47,48)/b24-21+/t39-,40+/m0/s1. The second kappa shape index (κ2) is 39.0. The molecular weight excluding hydrogens is 695 g/mol. The van der Waals surface area contributed by atoms with Crippen LogP contribution in [0.15, 0.2) is 12.2 Å². The number of unbranched alkanes of at least 4 members (excludes halogenated alkanes) is 25. The van der Waals surface area contributed by atoms with Crippen molar-refractivity contribution in [1.82, 2.24) is 0 Å². The van der Waals surface area contributed by atoms with Gasteiger partial charge in [0.25, 0.3) is 0 Å². The third-order valence-corrected chi connectivity index (χ3v) is 10.4. The van der Waals surface area contributed by atoms with Crippen LogP contribution >= 0.6 is 7.82 Å². The molecule has 0 spiro atoms. The first-order valence-electron chi connectivity index (χ1n) is 21.6. The van der Waals surface area contributed by atoms with Gasteiger partial charge in [-0.1, -0.05) is 167 Å². The predicted octanol–water partition coefficient (Wildman–Crippen LogP) is 11.2. The Bertz CT molecular complexity index is 899. The quantitative estimate of drug-likeness (QED) is 0.0237. The molecule has 1 unspecified atom stereocenters. The van der Waals surface area contributed by atoms with Crippen LogP contribution in [0, 0.1) is 0 Å². The van der Waals surface area contributed by atoms with Crippen LogP contribution in [-0.4, -0.2) is 65.7 Å². The summed E-state index contributed by atoms with van der Waals surface area (Å²) >= 11 is 0. The Balaban J connectivity index is 4.26. The summed E-state index contributed by atoms with van der Waals surface area (Å²) in [6.07, 6.45) is 36.1. The van der Waals surface area contributed by atoms with Crippen molar-refractivity contribution in [1.29, 1.82) is 0 Å². The minimum absolute atomic E-state index is 0.168. The first-order chi connectivity index (χ1) is 25.7. The molecule has 0 radical (unpaired) electrons. The van der Waals surface area contributed by atoms with Crippen molar-refractivity contribution in [3.8, 4) is 0 Å². The number of hydrogen-bond acceptors (Lipinski definition) is 9. The number of ether oxygens (including phenoxy) is 2. The number of aliphatic hydroxyl groups excluding tert-OH is 2. The summed E-state index contributed by atoms with van der Waals surface area (Å²) in [7, 11) is -4.61. The lowest BCUT2D eigenvalue weighted by atomic mass is 10.0. The Morgan fingerprint density at radius 3 is 1.38 bits per heavy atom. The van der Waals surface area contributed by atoms with Crippen molar-refractivity contribution >= 4 is 19.8 Å². The number of phosphoric ester groups is 1. The van der Waals surface area contributed by atoms with Crippen LogP contribution < -0.4 is 0 Å². The van der Waals surface area contributed by atoms with Gasteiger partial charge in [-0.3, -0.25) is 18.6 Å². The van der Waals surface area contributed by atoms with Crippen LogP contribution in [0.4, 0.5) is 0 Å². The van der Waals surface area contributed by atoms with E-state index in [1.54, 1.807) is 0 Å².